The van der Waals surface area contributed by atoms with Gasteiger partial charge in [-0.3, -0.25) is 14.4 Å². The van der Waals surface area contributed by atoms with Gasteiger partial charge in [0.2, 0.25) is 0 Å². The molecule has 0 atom stereocenters. The summed E-state index contributed by atoms with van der Waals surface area (Å²) in [6.45, 7) is 1.39. The molecule has 0 spiro atoms. The average Bonchev–Trinajstić information content (AvgIpc) is 3.20. The molecule has 5 rings (SSSR count). The third-order valence-electron chi connectivity index (χ3n) is 6.30. The van der Waals surface area contributed by atoms with Crippen LogP contribution in [0.4, 0.5) is 5.69 Å². The fourth-order valence-electron chi connectivity index (χ4n) is 4.08. The van der Waals surface area contributed by atoms with Gasteiger partial charge < -0.3 is 9.47 Å². The standard InChI is InChI=1S/C31H19Cl2NO7/c1-17-2-4-20(5-3-17)31(39)41-22-12-8-18(9-13-22)27(35)16-40-30(38)19-6-10-21(11-7-19)34-28(36)23-14-25(32)26(33)15-24(23)29(34)37/h2-15H,16H2,1H3. The van der Waals surface area contributed by atoms with Gasteiger partial charge in [-0.15, -0.1) is 0 Å². The van der Waals surface area contributed by atoms with Crippen LogP contribution in [0.2, 0.25) is 10.0 Å². The molecule has 41 heavy (non-hydrogen) atoms. The first-order chi connectivity index (χ1) is 19.6. The minimum atomic E-state index is -0.769. The molecular weight excluding hydrogens is 569 g/mol. The van der Waals surface area contributed by atoms with E-state index in [0.29, 0.717) is 5.56 Å². The molecule has 8 nitrogen and oxygen atoms in total. The molecule has 0 saturated heterocycles. The topological polar surface area (TPSA) is 107 Å². The summed E-state index contributed by atoms with van der Waals surface area (Å²) in [4.78, 5) is 63.9. The van der Waals surface area contributed by atoms with Crippen LogP contribution in [0.5, 0.6) is 5.75 Å². The Morgan fingerprint density at radius 3 is 1.73 bits per heavy atom. The lowest BCUT2D eigenvalue weighted by molar-refractivity contribution is 0.0474. The first kappa shape index (κ1) is 27.8. The number of hydrogen-bond acceptors (Lipinski definition) is 7. The number of imide groups is 1. The van der Waals surface area contributed by atoms with Crippen LogP contribution in [-0.2, 0) is 4.74 Å². The molecule has 1 aliphatic rings. The summed E-state index contributed by atoms with van der Waals surface area (Å²) in [5, 5.41) is 0.303. The highest BCUT2D eigenvalue weighted by Gasteiger charge is 2.37. The SMILES string of the molecule is Cc1ccc(C(=O)Oc2ccc(C(=O)COC(=O)c3ccc(N4C(=O)c5cc(Cl)c(Cl)cc5C4=O)cc3)cc2)cc1. The second-order valence-electron chi connectivity index (χ2n) is 9.08. The molecule has 204 valence electrons. The fraction of sp³-hybridized carbons (Fsp3) is 0.0645. The predicted octanol–water partition coefficient (Wildman–Crippen LogP) is 6.36. The lowest BCUT2D eigenvalue weighted by atomic mass is 10.1. The molecule has 0 fully saturated rings. The maximum absolute atomic E-state index is 12.8. The number of fused-ring (bicyclic) bond motifs is 1. The number of rotatable bonds is 7. The van der Waals surface area contributed by atoms with Crippen molar-refractivity contribution in [1.29, 1.82) is 0 Å². The summed E-state index contributed by atoms with van der Waals surface area (Å²) >= 11 is 12.0. The normalized spacial score (nSPS) is 12.2. The first-order valence-corrected chi connectivity index (χ1v) is 12.9. The van der Waals surface area contributed by atoms with E-state index in [9.17, 15) is 24.0 Å². The van der Waals surface area contributed by atoms with Crippen molar-refractivity contribution < 1.29 is 33.4 Å². The summed E-state index contributed by atoms with van der Waals surface area (Å²) < 4.78 is 10.5. The highest BCUT2D eigenvalue weighted by Crippen LogP contribution is 2.34. The molecule has 0 aromatic heterocycles. The van der Waals surface area contributed by atoms with E-state index < -0.39 is 36.1 Å². The quantitative estimate of drug-likeness (QED) is 0.107. The Hall–Kier alpha value is -4.79. The highest BCUT2D eigenvalue weighted by molar-refractivity contribution is 6.44. The minimum absolute atomic E-state index is 0.114. The van der Waals surface area contributed by atoms with Crippen LogP contribution in [0.25, 0.3) is 0 Å². The zero-order chi connectivity index (χ0) is 29.3. The van der Waals surface area contributed by atoms with Crippen LogP contribution < -0.4 is 9.64 Å². The molecule has 0 unspecified atom stereocenters. The Morgan fingerprint density at radius 1 is 0.683 bits per heavy atom. The number of anilines is 1. The molecule has 0 saturated carbocycles. The number of ether oxygens (including phenoxy) is 2. The number of ketones is 1. The summed E-state index contributed by atoms with van der Waals surface area (Å²) in [5.41, 5.74) is 2.28. The van der Waals surface area contributed by atoms with Crippen LogP contribution in [-0.4, -0.2) is 36.1 Å². The molecule has 4 aromatic rings. The van der Waals surface area contributed by atoms with Gasteiger partial charge in [0, 0.05) is 5.56 Å². The predicted molar refractivity (Wildman–Crippen MR) is 151 cm³/mol. The van der Waals surface area contributed by atoms with Crippen LogP contribution in [0.1, 0.15) is 57.4 Å². The van der Waals surface area contributed by atoms with Crippen molar-refractivity contribution in [2.75, 3.05) is 11.5 Å². The van der Waals surface area contributed by atoms with Crippen molar-refractivity contribution in [1.82, 2.24) is 0 Å². The number of benzene rings is 4. The van der Waals surface area contributed by atoms with Gasteiger partial charge in [0.25, 0.3) is 11.8 Å². The van der Waals surface area contributed by atoms with Gasteiger partial charge in [-0.1, -0.05) is 40.9 Å². The molecule has 1 aliphatic heterocycles. The molecule has 2 amide bonds. The number of carbonyl (C=O) groups is 5. The van der Waals surface area contributed by atoms with E-state index >= 15 is 0 Å². The Balaban J connectivity index is 1.17. The number of Topliss-reactive ketones (excluding diaryl/α,β-unsaturated/α-hetero) is 1. The molecule has 0 aliphatic carbocycles. The van der Waals surface area contributed by atoms with Gasteiger partial charge in [-0.2, -0.15) is 0 Å². The molecule has 0 N–H and O–H groups in total. The molecule has 4 aromatic carbocycles. The Morgan fingerprint density at radius 2 is 1.17 bits per heavy atom. The zero-order valence-corrected chi connectivity index (χ0v) is 22.9. The van der Waals surface area contributed by atoms with Crippen LogP contribution in [0, 0.1) is 6.92 Å². The number of halogens is 2. The van der Waals surface area contributed by atoms with Gasteiger partial charge in [0.1, 0.15) is 5.75 Å². The number of nitrogens with zero attached hydrogens (tertiary/aromatic N) is 1. The van der Waals surface area contributed by atoms with Crippen LogP contribution >= 0.6 is 23.2 Å². The summed E-state index contributed by atoms with van der Waals surface area (Å²) in [6, 6.07) is 21.1. The molecule has 0 bridgehead atoms. The second-order valence-corrected chi connectivity index (χ2v) is 9.90. The maximum atomic E-state index is 12.8. The monoisotopic (exact) mass is 587 g/mol. The van der Waals surface area contributed by atoms with Gasteiger partial charge in [-0.05, 0) is 79.7 Å². The third-order valence-corrected chi connectivity index (χ3v) is 7.02. The van der Waals surface area contributed by atoms with Gasteiger partial charge >= 0.3 is 11.9 Å². The molecule has 1 heterocycles. The van der Waals surface area contributed by atoms with Crippen LogP contribution in [0.3, 0.4) is 0 Å². The van der Waals surface area contributed by atoms with E-state index in [2.05, 4.69) is 0 Å². The molecule has 10 heteroatoms. The van der Waals surface area contributed by atoms with Gasteiger partial charge in [0.15, 0.2) is 12.4 Å². The summed E-state index contributed by atoms with van der Waals surface area (Å²) in [7, 11) is 0. The van der Waals surface area contributed by atoms with Crippen molar-refractivity contribution in [2.24, 2.45) is 0 Å². The van der Waals surface area contributed by atoms with Gasteiger partial charge in [-0.25, -0.2) is 14.5 Å². The number of amides is 2. The number of aryl methyl sites for hydroxylation is 1. The lowest BCUT2D eigenvalue weighted by Gasteiger charge is -2.14. The van der Waals surface area contributed by atoms with Crippen molar-refractivity contribution in [3.05, 3.63) is 128 Å². The Bertz CT molecular complexity index is 1670. The summed E-state index contributed by atoms with van der Waals surface area (Å²) in [5.74, 6) is -2.64. The highest BCUT2D eigenvalue weighted by atomic mass is 35.5. The maximum Gasteiger partial charge on any atom is 0.343 e. The van der Waals surface area contributed by atoms with Gasteiger partial charge in [0.05, 0.1) is 38.0 Å². The number of carbonyl (C=O) groups excluding carboxylic acids is 5. The lowest BCUT2D eigenvalue weighted by Crippen LogP contribution is -2.29. The van der Waals surface area contributed by atoms with E-state index in [0.717, 1.165) is 10.5 Å². The average molecular weight is 588 g/mol. The van der Waals surface area contributed by atoms with Crippen molar-refractivity contribution in [3.63, 3.8) is 0 Å². The van der Waals surface area contributed by atoms with E-state index in [1.807, 2.05) is 6.92 Å². The van der Waals surface area contributed by atoms with E-state index in [1.54, 1.807) is 24.3 Å². The molecular formula is C31H19Cl2NO7. The first-order valence-electron chi connectivity index (χ1n) is 12.2. The third kappa shape index (κ3) is 5.75. The smallest absolute Gasteiger partial charge is 0.343 e. The van der Waals surface area contributed by atoms with Crippen molar-refractivity contribution in [2.45, 2.75) is 6.92 Å². The second kappa shape index (κ2) is 11.4. The zero-order valence-electron chi connectivity index (χ0n) is 21.4. The van der Waals surface area contributed by atoms with Crippen molar-refractivity contribution in [3.8, 4) is 5.75 Å². The Labute approximate surface area is 244 Å². The number of esters is 2. The van der Waals surface area contributed by atoms with Crippen molar-refractivity contribution >= 4 is 58.4 Å². The largest absolute Gasteiger partial charge is 0.454 e. The van der Waals surface area contributed by atoms with E-state index in [1.165, 1.54) is 60.7 Å². The van der Waals surface area contributed by atoms with E-state index in [-0.39, 0.29) is 43.7 Å². The summed E-state index contributed by atoms with van der Waals surface area (Å²) in [6.07, 6.45) is 0. The minimum Gasteiger partial charge on any atom is -0.454 e. The number of hydrogen-bond donors (Lipinski definition) is 0. The van der Waals surface area contributed by atoms with Crippen LogP contribution in [0.15, 0.2) is 84.9 Å². The fourth-order valence-corrected chi connectivity index (χ4v) is 4.40. The molecule has 0 radical (unpaired) electrons. The van der Waals surface area contributed by atoms with E-state index in [4.69, 9.17) is 32.7 Å². The Kier molecular flexibility index (Phi) is 7.70.